The van der Waals surface area contributed by atoms with Crippen LogP contribution in [0.2, 0.25) is 0 Å². The minimum Gasteiger partial charge on any atom is -0.340 e. The van der Waals surface area contributed by atoms with Gasteiger partial charge in [0.05, 0.1) is 17.4 Å². The van der Waals surface area contributed by atoms with Crippen molar-refractivity contribution in [3.05, 3.63) is 83.6 Å². The van der Waals surface area contributed by atoms with Crippen molar-refractivity contribution in [2.45, 2.75) is 13.1 Å². The molecule has 0 unspecified atom stereocenters. The van der Waals surface area contributed by atoms with Crippen LogP contribution >= 0.6 is 0 Å². The normalized spacial score (nSPS) is 11.1. The number of carbonyl (C=O) groups excluding carboxylic acids is 1. The van der Waals surface area contributed by atoms with Gasteiger partial charge in [-0.25, -0.2) is 4.98 Å². The van der Waals surface area contributed by atoms with Crippen molar-refractivity contribution in [3.8, 4) is 0 Å². The number of hydrogen-bond donors (Lipinski definition) is 2. The van der Waals surface area contributed by atoms with Crippen molar-refractivity contribution in [1.82, 2.24) is 4.98 Å². The summed E-state index contributed by atoms with van der Waals surface area (Å²) >= 11 is 0. The summed E-state index contributed by atoms with van der Waals surface area (Å²) in [5, 5.41) is 5.65. The molecule has 0 radical (unpaired) electrons. The van der Waals surface area contributed by atoms with Gasteiger partial charge in [-0.1, -0.05) is 17.7 Å². The standard InChI is InChI=1S/C20H16F3N3O/c1-13-2-4-14(5-3-13)19(27)26-17-10-11-18(24-12-17)25-16-8-6-15(7-9-16)20(21,22)23/h2-12H,1H3,(H,24,25)(H,26,27). The van der Waals surface area contributed by atoms with Crippen LogP contribution in [-0.4, -0.2) is 10.9 Å². The van der Waals surface area contributed by atoms with Gasteiger partial charge >= 0.3 is 6.18 Å². The van der Waals surface area contributed by atoms with E-state index in [0.29, 0.717) is 22.8 Å². The molecule has 0 fully saturated rings. The first-order valence-electron chi connectivity index (χ1n) is 8.09. The number of carbonyl (C=O) groups is 1. The maximum atomic E-state index is 12.6. The number of benzene rings is 2. The first kappa shape index (κ1) is 18.4. The number of pyridine rings is 1. The highest BCUT2D eigenvalue weighted by Crippen LogP contribution is 2.30. The predicted molar refractivity (Wildman–Crippen MR) is 98.1 cm³/mol. The summed E-state index contributed by atoms with van der Waals surface area (Å²) in [5.74, 6) is 0.198. The van der Waals surface area contributed by atoms with Gasteiger partial charge in [-0.05, 0) is 55.5 Å². The zero-order valence-electron chi connectivity index (χ0n) is 14.3. The zero-order valence-corrected chi connectivity index (χ0v) is 14.3. The third kappa shape index (κ3) is 4.84. The number of hydrogen-bond acceptors (Lipinski definition) is 3. The number of aromatic nitrogens is 1. The van der Waals surface area contributed by atoms with Gasteiger partial charge in [-0.2, -0.15) is 13.2 Å². The van der Waals surface area contributed by atoms with Crippen molar-refractivity contribution >= 4 is 23.1 Å². The highest BCUT2D eigenvalue weighted by atomic mass is 19.4. The molecule has 27 heavy (non-hydrogen) atoms. The van der Waals surface area contributed by atoms with E-state index in [9.17, 15) is 18.0 Å². The van der Waals surface area contributed by atoms with Crippen LogP contribution in [0.15, 0.2) is 66.9 Å². The molecular weight excluding hydrogens is 355 g/mol. The maximum Gasteiger partial charge on any atom is 0.416 e. The molecule has 0 saturated heterocycles. The molecule has 3 rings (SSSR count). The van der Waals surface area contributed by atoms with E-state index in [-0.39, 0.29) is 5.91 Å². The Balaban J connectivity index is 1.63. The van der Waals surface area contributed by atoms with E-state index < -0.39 is 11.7 Å². The molecule has 0 atom stereocenters. The van der Waals surface area contributed by atoms with E-state index in [1.54, 1.807) is 24.3 Å². The van der Waals surface area contributed by atoms with Crippen LogP contribution in [-0.2, 0) is 6.18 Å². The number of nitrogens with zero attached hydrogens (tertiary/aromatic N) is 1. The number of aryl methyl sites for hydroxylation is 1. The Bertz CT molecular complexity index is 919. The minimum absolute atomic E-state index is 0.250. The summed E-state index contributed by atoms with van der Waals surface area (Å²) in [6.45, 7) is 1.94. The van der Waals surface area contributed by atoms with Crippen LogP contribution in [0.3, 0.4) is 0 Å². The lowest BCUT2D eigenvalue weighted by atomic mass is 10.1. The van der Waals surface area contributed by atoms with E-state index in [1.165, 1.54) is 18.3 Å². The Morgan fingerprint density at radius 3 is 2.07 bits per heavy atom. The van der Waals surface area contributed by atoms with Gasteiger partial charge < -0.3 is 10.6 Å². The Morgan fingerprint density at radius 2 is 1.52 bits per heavy atom. The Hall–Kier alpha value is -3.35. The second-order valence-corrected chi connectivity index (χ2v) is 5.95. The van der Waals surface area contributed by atoms with Crippen LogP contribution in [0, 0.1) is 6.92 Å². The van der Waals surface area contributed by atoms with Gasteiger partial charge in [0, 0.05) is 11.3 Å². The third-order valence-corrected chi connectivity index (χ3v) is 3.82. The summed E-state index contributed by atoms with van der Waals surface area (Å²) in [7, 11) is 0. The van der Waals surface area contributed by atoms with Gasteiger partial charge in [-0.3, -0.25) is 4.79 Å². The van der Waals surface area contributed by atoms with E-state index in [1.807, 2.05) is 19.1 Å². The topological polar surface area (TPSA) is 54.0 Å². The van der Waals surface area contributed by atoms with Crippen LogP contribution in [0.5, 0.6) is 0 Å². The molecule has 2 N–H and O–H groups in total. The number of alkyl halides is 3. The molecule has 0 saturated carbocycles. The van der Waals surface area contributed by atoms with E-state index in [2.05, 4.69) is 15.6 Å². The SMILES string of the molecule is Cc1ccc(C(=O)Nc2ccc(Nc3ccc(C(F)(F)F)cc3)nc2)cc1. The summed E-state index contributed by atoms with van der Waals surface area (Å²) < 4.78 is 37.7. The van der Waals surface area contributed by atoms with Gasteiger partial charge in [0.25, 0.3) is 5.91 Å². The molecule has 0 aliphatic rings. The van der Waals surface area contributed by atoms with E-state index >= 15 is 0 Å². The largest absolute Gasteiger partial charge is 0.416 e. The monoisotopic (exact) mass is 371 g/mol. The van der Waals surface area contributed by atoms with Gasteiger partial charge in [-0.15, -0.1) is 0 Å². The first-order chi connectivity index (χ1) is 12.8. The van der Waals surface area contributed by atoms with Crippen molar-refractivity contribution in [2.75, 3.05) is 10.6 Å². The van der Waals surface area contributed by atoms with Crippen molar-refractivity contribution < 1.29 is 18.0 Å². The van der Waals surface area contributed by atoms with Crippen LogP contribution in [0.1, 0.15) is 21.5 Å². The second-order valence-electron chi connectivity index (χ2n) is 5.95. The number of nitrogens with one attached hydrogen (secondary N) is 2. The molecular formula is C20H16F3N3O. The molecule has 0 aliphatic carbocycles. The molecule has 0 spiro atoms. The average Bonchev–Trinajstić information content (AvgIpc) is 2.63. The number of anilines is 3. The Morgan fingerprint density at radius 1 is 0.889 bits per heavy atom. The molecule has 3 aromatic rings. The highest BCUT2D eigenvalue weighted by molar-refractivity contribution is 6.04. The molecule has 7 heteroatoms. The molecule has 0 bridgehead atoms. The van der Waals surface area contributed by atoms with Gasteiger partial charge in [0.1, 0.15) is 5.82 Å². The fourth-order valence-corrected chi connectivity index (χ4v) is 2.34. The van der Waals surface area contributed by atoms with Gasteiger partial charge in [0.2, 0.25) is 0 Å². The van der Waals surface area contributed by atoms with Crippen molar-refractivity contribution in [2.24, 2.45) is 0 Å². The Kier molecular flexibility index (Phi) is 5.12. The van der Waals surface area contributed by atoms with Gasteiger partial charge in [0.15, 0.2) is 0 Å². The third-order valence-electron chi connectivity index (χ3n) is 3.82. The van der Waals surface area contributed by atoms with Crippen molar-refractivity contribution in [1.29, 1.82) is 0 Å². The van der Waals surface area contributed by atoms with Crippen LogP contribution in [0.25, 0.3) is 0 Å². The quantitative estimate of drug-likeness (QED) is 0.645. The number of amides is 1. The Labute approximate surface area is 154 Å². The number of rotatable bonds is 4. The summed E-state index contributed by atoms with van der Waals surface area (Å²) in [5.41, 5.74) is 1.88. The molecule has 4 nitrogen and oxygen atoms in total. The first-order valence-corrected chi connectivity index (χ1v) is 8.09. The zero-order chi connectivity index (χ0) is 19.4. The number of halogens is 3. The molecule has 0 aliphatic heterocycles. The molecule has 1 aromatic heterocycles. The van der Waals surface area contributed by atoms with E-state index in [4.69, 9.17) is 0 Å². The van der Waals surface area contributed by atoms with Crippen LogP contribution < -0.4 is 10.6 Å². The summed E-state index contributed by atoms with van der Waals surface area (Å²) in [4.78, 5) is 16.3. The van der Waals surface area contributed by atoms with Crippen molar-refractivity contribution in [3.63, 3.8) is 0 Å². The highest BCUT2D eigenvalue weighted by Gasteiger charge is 2.29. The maximum absolute atomic E-state index is 12.6. The lowest BCUT2D eigenvalue weighted by Crippen LogP contribution is -2.12. The predicted octanol–water partition coefficient (Wildman–Crippen LogP) is 5.40. The fraction of sp³-hybridized carbons (Fsp3) is 0.100. The fourth-order valence-electron chi connectivity index (χ4n) is 2.34. The average molecular weight is 371 g/mol. The van der Waals surface area contributed by atoms with Crippen LogP contribution in [0.4, 0.5) is 30.4 Å². The molecule has 1 heterocycles. The lowest BCUT2D eigenvalue weighted by Gasteiger charge is -2.10. The minimum atomic E-state index is -4.37. The molecule has 138 valence electrons. The van der Waals surface area contributed by atoms with E-state index in [0.717, 1.165) is 17.7 Å². The smallest absolute Gasteiger partial charge is 0.340 e. The summed E-state index contributed by atoms with van der Waals surface area (Å²) in [6.07, 6.45) is -2.90. The second kappa shape index (κ2) is 7.49. The molecule has 2 aromatic carbocycles. The summed E-state index contributed by atoms with van der Waals surface area (Å²) in [6, 6.07) is 15.1. The molecule has 1 amide bonds. The lowest BCUT2D eigenvalue weighted by molar-refractivity contribution is -0.137.